The van der Waals surface area contributed by atoms with Crippen LogP contribution in [-0.4, -0.2) is 31.8 Å². The molecule has 106 valence electrons. The van der Waals surface area contributed by atoms with E-state index in [1.165, 1.54) is 0 Å². The lowest BCUT2D eigenvalue weighted by atomic mass is 10.2. The second kappa shape index (κ2) is 7.63. The number of nitrogen functional groups attached to an aromatic ring is 1. The van der Waals surface area contributed by atoms with Gasteiger partial charge in [0.05, 0.1) is 19.3 Å². The molecule has 0 saturated carbocycles. The van der Waals surface area contributed by atoms with Crippen LogP contribution in [0.1, 0.15) is 26.3 Å². The van der Waals surface area contributed by atoms with Crippen molar-refractivity contribution in [2.45, 2.75) is 26.9 Å². The van der Waals surface area contributed by atoms with E-state index in [1.54, 1.807) is 18.2 Å². The molecule has 0 aliphatic heterocycles. The maximum atomic E-state index is 7.41. The van der Waals surface area contributed by atoms with E-state index in [-0.39, 0.29) is 11.9 Å². The van der Waals surface area contributed by atoms with Crippen LogP contribution in [-0.2, 0) is 4.74 Å². The molecule has 0 aromatic heterocycles. The molecular weight excluding hydrogens is 244 g/mol. The summed E-state index contributed by atoms with van der Waals surface area (Å²) in [4.78, 5) is 0. The highest BCUT2D eigenvalue weighted by molar-refractivity contribution is 5.95. The molecule has 0 bridgehead atoms. The number of hydrogen-bond donors (Lipinski definition) is 2. The standard InChI is InChI=1S/C14H22N2O3/c1-4-17-13-9-11(14(15)16)5-6-12(13)19-8-7-18-10(2)3/h5-6,9-10H,4,7-8H2,1-3H3,(H3,15,16). The molecule has 0 unspecified atom stereocenters. The Bertz CT molecular complexity index is 419. The van der Waals surface area contributed by atoms with Gasteiger partial charge in [-0.05, 0) is 39.0 Å². The lowest BCUT2D eigenvalue weighted by Gasteiger charge is -2.14. The molecular formula is C14H22N2O3. The number of rotatable bonds is 8. The molecule has 0 heterocycles. The van der Waals surface area contributed by atoms with Gasteiger partial charge in [0.15, 0.2) is 11.5 Å². The minimum absolute atomic E-state index is 0.00986. The zero-order valence-electron chi connectivity index (χ0n) is 11.7. The molecule has 0 radical (unpaired) electrons. The topological polar surface area (TPSA) is 77.6 Å². The molecule has 0 amide bonds. The van der Waals surface area contributed by atoms with Crippen LogP contribution in [0.4, 0.5) is 0 Å². The maximum absolute atomic E-state index is 7.41. The van der Waals surface area contributed by atoms with Crippen LogP contribution >= 0.6 is 0 Å². The quantitative estimate of drug-likeness (QED) is 0.429. The zero-order chi connectivity index (χ0) is 14.3. The van der Waals surface area contributed by atoms with Gasteiger partial charge in [-0.3, -0.25) is 5.41 Å². The summed E-state index contributed by atoms with van der Waals surface area (Å²) < 4.78 is 16.5. The van der Waals surface area contributed by atoms with Gasteiger partial charge in [0, 0.05) is 5.56 Å². The SMILES string of the molecule is CCOc1cc(C(=N)N)ccc1OCCOC(C)C. The molecule has 0 aliphatic rings. The first-order chi connectivity index (χ1) is 9.04. The van der Waals surface area contributed by atoms with Crippen LogP contribution in [0.5, 0.6) is 11.5 Å². The zero-order valence-corrected chi connectivity index (χ0v) is 11.7. The number of hydrogen-bond acceptors (Lipinski definition) is 4. The maximum Gasteiger partial charge on any atom is 0.161 e. The highest BCUT2D eigenvalue weighted by Crippen LogP contribution is 2.28. The lowest BCUT2D eigenvalue weighted by Crippen LogP contribution is -2.13. The predicted octanol–water partition coefficient (Wildman–Crippen LogP) is 2.17. The van der Waals surface area contributed by atoms with Gasteiger partial charge in [-0.1, -0.05) is 0 Å². The van der Waals surface area contributed by atoms with Gasteiger partial charge in [0.1, 0.15) is 12.4 Å². The van der Waals surface area contributed by atoms with Gasteiger partial charge in [0.2, 0.25) is 0 Å². The van der Waals surface area contributed by atoms with Crippen molar-refractivity contribution >= 4 is 5.84 Å². The van der Waals surface area contributed by atoms with Crippen molar-refractivity contribution in [1.29, 1.82) is 5.41 Å². The predicted molar refractivity (Wildman–Crippen MR) is 75.2 cm³/mol. The number of nitrogens with one attached hydrogen (secondary N) is 1. The van der Waals surface area contributed by atoms with E-state index < -0.39 is 0 Å². The van der Waals surface area contributed by atoms with E-state index in [2.05, 4.69) is 0 Å². The summed E-state index contributed by atoms with van der Waals surface area (Å²) in [6, 6.07) is 5.21. The molecule has 5 heteroatoms. The Morgan fingerprint density at radius 3 is 2.53 bits per heavy atom. The third-order valence-electron chi connectivity index (χ3n) is 2.35. The Hall–Kier alpha value is -1.75. The average molecular weight is 266 g/mol. The molecule has 5 nitrogen and oxygen atoms in total. The fourth-order valence-electron chi connectivity index (χ4n) is 1.50. The van der Waals surface area contributed by atoms with Crippen molar-refractivity contribution in [2.24, 2.45) is 5.73 Å². The minimum Gasteiger partial charge on any atom is -0.490 e. The summed E-state index contributed by atoms with van der Waals surface area (Å²) in [5, 5.41) is 7.41. The Labute approximate surface area is 114 Å². The summed E-state index contributed by atoms with van der Waals surface area (Å²) in [5.74, 6) is 1.24. The molecule has 0 spiro atoms. The molecule has 0 atom stereocenters. The Morgan fingerprint density at radius 1 is 1.21 bits per heavy atom. The fourth-order valence-corrected chi connectivity index (χ4v) is 1.50. The highest BCUT2D eigenvalue weighted by Gasteiger charge is 2.08. The first-order valence-electron chi connectivity index (χ1n) is 6.40. The van der Waals surface area contributed by atoms with E-state index in [0.717, 1.165) is 0 Å². The van der Waals surface area contributed by atoms with E-state index in [0.29, 0.717) is 36.9 Å². The Balaban J connectivity index is 2.68. The van der Waals surface area contributed by atoms with Crippen LogP contribution < -0.4 is 15.2 Å². The second-order valence-electron chi connectivity index (χ2n) is 4.28. The smallest absolute Gasteiger partial charge is 0.161 e. The summed E-state index contributed by atoms with van der Waals surface area (Å²) in [7, 11) is 0. The molecule has 1 aromatic rings. The third-order valence-corrected chi connectivity index (χ3v) is 2.35. The van der Waals surface area contributed by atoms with Gasteiger partial charge in [-0.15, -0.1) is 0 Å². The number of ether oxygens (including phenoxy) is 3. The summed E-state index contributed by atoms with van der Waals surface area (Å²) in [5.41, 5.74) is 6.07. The van der Waals surface area contributed by atoms with Crippen LogP contribution in [0.15, 0.2) is 18.2 Å². The third kappa shape index (κ3) is 5.18. The fraction of sp³-hybridized carbons (Fsp3) is 0.500. The number of amidine groups is 1. The normalized spacial score (nSPS) is 10.5. The molecule has 1 aromatic carbocycles. The second-order valence-corrected chi connectivity index (χ2v) is 4.28. The van der Waals surface area contributed by atoms with Crippen LogP contribution in [0.3, 0.4) is 0 Å². The van der Waals surface area contributed by atoms with Crippen molar-refractivity contribution in [1.82, 2.24) is 0 Å². The lowest BCUT2D eigenvalue weighted by molar-refractivity contribution is 0.0545. The largest absolute Gasteiger partial charge is 0.490 e. The first-order valence-corrected chi connectivity index (χ1v) is 6.40. The van der Waals surface area contributed by atoms with Crippen LogP contribution in [0, 0.1) is 5.41 Å². The molecule has 19 heavy (non-hydrogen) atoms. The van der Waals surface area contributed by atoms with Crippen molar-refractivity contribution in [3.63, 3.8) is 0 Å². The van der Waals surface area contributed by atoms with Crippen molar-refractivity contribution in [2.75, 3.05) is 19.8 Å². The first kappa shape index (κ1) is 15.3. The average Bonchev–Trinajstić information content (AvgIpc) is 2.35. The molecule has 1 rings (SSSR count). The van der Waals surface area contributed by atoms with Gasteiger partial charge in [-0.2, -0.15) is 0 Å². The molecule has 3 N–H and O–H groups in total. The number of nitrogens with two attached hydrogens (primary N) is 1. The van der Waals surface area contributed by atoms with Gasteiger partial charge in [0.25, 0.3) is 0 Å². The monoisotopic (exact) mass is 266 g/mol. The number of benzene rings is 1. The Morgan fingerprint density at radius 2 is 1.95 bits per heavy atom. The Kier molecular flexibility index (Phi) is 6.15. The van der Waals surface area contributed by atoms with Gasteiger partial charge < -0.3 is 19.9 Å². The van der Waals surface area contributed by atoms with Gasteiger partial charge >= 0.3 is 0 Å². The molecule has 0 aliphatic carbocycles. The van der Waals surface area contributed by atoms with Crippen LogP contribution in [0.25, 0.3) is 0 Å². The van der Waals surface area contributed by atoms with Crippen molar-refractivity contribution in [3.05, 3.63) is 23.8 Å². The van der Waals surface area contributed by atoms with Crippen molar-refractivity contribution < 1.29 is 14.2 Å². The van der Waals surface area contributed by atoms with Crippen LogP contribution in [0.2, 0.25) is 0 Å². The highest BCUT2D eigenvalue weighted by atomic mass is 16.5. The molecule has 0 saturated heterocycles. The van der Waals surface area contributed by atoms with Crippen molar-refractivity contribution in [3.8, 4) is 11.5 Å². The summed E-state index contributed by atoms with van der Waals surface area (Å²) >= 11 is 0. The van der Waals surface area contributed by atoms with E-state index >= 15 is 0 Å². The van der Waals surface area contributed by atoms with E-state index in [1.807, 2.05) is 20.8 Å². The molecule has 0 fully saturated rings. The summed E-state index contributed by atoms with van der Waals surface area (Å²) in [6.07, 6.45) is 0.190. The van der Waals surface area contributed by atoms with E-state index in [4.69, 9.17) is 25.4 Å². The van der Waals surface area contributed by atoms with E-state index in [9.17, 15) is 0 Å². The minimum atomic E-state index is 0.00986. The summed E-state index contributed by atoms with van der Waals surface area (Å²) in [6.45, 7) is 7.36. The van der Waals surface area contributed by atoms with Gasteiger partial charge in [-0.25, -0.2) is 0 Å².